The van der Waals surface area contributed by atoms with Crippen LogP contribution in [0.15, 0.2) is 47.5 Å². The van der Waals surface area contributed by atoms with E-state index in [1.165, 1.54) is 21.3 Å². The van der Waals surface area contributed by atoms with Crippen LogP contribution < -0.4 is 0 Å². The Hall–Kier alpha value is -3.22. The summed E-state index contributed by atoms with van der Waals surface area (Å²) in [6.45, 7) is 1.76. The van der Waals surface area contributed by atoms with Crippen LogP contribution in [0.4, 0.5) is 0 Å². The minimum atomic E-state index is -3.09. The summed E-state index contributed by atoms with van der Waals surface area (Å²) in [5, 5.41) is 23.9. The second-order valence-electron chi connectivity index (χ2n) is 6.08. The summed E-state index contributed by atoms with van der Waals surface area (Å²) in [7, 11) is 0.0443. The molecule has 0 spiro atoms. The average Bonchev–Trinajstić information content (AvgIpc) is 2.96. The van der Waals surface area contributed by atoms with Gasteiger partial charge in [-0.2, -0.15) is 15.0 Å². The second kappa shape index (κ2) is 6.83. The Morgan fingerprint density at radius 1 is 1.22 bits per heavy atom. The van der Waals surface area contributed by atoms with Gasteiger partial charge in [0.2, 0.25) is 5.88 Å². The molecular weight excluding hydrogens is 364 g/mol. The highest BCUT2D eigenvalue weighted by molar-refractivity contribution is 7.90. The molecule has 2 aromatic heterocycles. The molecule has 0 aliphatic rings. The molecule has 0 fully saturated rings. The van der Waals surface area contributed by atoms with Gasteiger partial charge in [-0.05, 0) is 36.8 Å². The smallest absolute Gasteiger partial charge is 0.223 e. The monoisotopic (exact) mass is 382 g/mol. The van der Waals surface area contributed by atoms with Gasteiger partial charge in [0.15, 0.2) is 5.82 Å². The van der Waals surface area contributed by atoms with Crippen molar-refractivity contribution in [3.05, 3.63) is 53.9 Å². The van der Waals surface area contributed by atoms with E-state index in [2.05, 4.69) is 16.2 Å². The highest BCUT2D eigenvalue weighted by Crippen LogP contribution is 2.34. The lowest BCUT2D eigenvalue weighted by atomic mass is 10.0. The molecular formula is C18H18N6O2S. The molecule has 0 bridgehead atoms. The molecule has 1 unspecified atom stereocenters. The maximum atomic E-state index is 12.4. The van der Waals surface area contributed by atoms with Gasteiger partial charge in [-0.3, -0.25) is 0 Å². The number of rotatable bonds is 4. The average molecular weight is 382 g/mol. The van der Waals surface area contributed by atoms with Gasteiger partial charge in [0.05, 0.1) is 27.8 Å². The minimum Gasteiger partial charge on any atom is -0.493 e. The molecule has 27 heavy (non-hydrogen) atoms. The normalized spacial score (nSPS) is 13.3. The zero-order valence-corrected chi connectivity index (χ0v) is 15.9. The number of nitrogens with one attached hydrogen (secondary N) is 1. The molecule has 8 nitrogen and oxygen atoms in total. The molecule has 2 heterocycles. The van der Waals surface area contributed by atoms with Crippen LogP contribution in [0.25, 0.3) is 16.9 Å². The van der Waals surface area contributed by atoms with Crippen molar-refractivity contribution in [2.45, 2.75) is 11.8 Å². The van der Waals surface area contributed by atoms with Crippen molar-refractivity contribution < 1.29 is 9.32 Å². The van der Waals surface area contributed by atoms with Gasteiger partial charge in [-0.25, -0.2) is 18.3 Å². The maximum absolute atomic E-state index is 12.4. The van der Waals surface area contributed by atoms with Crippen LogP contribution >= 0.6 is 0 Å². The van der Waals surface area contributed by atoms with Gasteiger partial charge < -0.3 is 5.11 Å². The summed E-state index contributed by atoms with van der Waals surface area (Å²) in [6.07, 6.45) is 1.35. The van der Waals surface area contributed by atoms with Crippen LogP contribution in [0.1, 0.15) is 11.3 Å². The number of hydrogen-bond donors (Lipinski definition) is 2. The minimum absolute atomic E-state index is 0.0864. The van der Waals surface area contributed by atoms with Gasteiger partial charge in [-0.1, -0.05) is 12.1 Å². The first-order valence-corrected chi connectivity index (χ1v) is 9.49. The highest BCUT2D eigenvalue weighted by Gasteiger charge is 2.19. The summed E-state index contributed by atoms with van der Waals surface area (Å²) >= 11 is 0. The highest BCUT2D eigenvalue weighted by atomic mass is 32.2. The van der Waals surface area contributed by atoms with E-state index in [1.54, 1.807) is 51.4 Å². The van der Waals surface area contributed by atoms with Crippen molar-refractivity contribution >= 4 is 9.92 Å². The molecule has 9 heteroatoms. The molecule has 1 atom stereocenters. The Kier molecular flexibility index (Phi) is 4.70. The summed E-state index contributed by atoms with van der Waals surface area (Å²) < 4.78 is 22.9. The fraction of sp³-hybridized carbons (Fsp3) is 0.167. The van der Waals surface area contributed by atoms with Crippen molar-refractivity contribution in [1.29, 1.82) is 10.0 Å². The fourth-order valence-corrected chi connectivity index (χ4v) is 3.47. The molecule has 0 aliphatic heterocycles. The number of nitriles is 1. The molecule has 3 aromatic rings. The van der Waals surface area contributed by atoms with Gasteiger partial charge in [-0.15, -0.1) is 0 Å². The number of aromatic nitrogens is 3. The zero-order chi connectivity index (χ0) is 19.8. The second-order valence-corrected chi connectivity index (χ2v) is 8.33. The third kappa shape index (κ3) is 3.28. The lowest BCUT2D eigenvalue weighted by Gasteiger charge is -2.14. The van der Waals surface area contributed by atoms with Gasteiger partial charge >= 0.3 is 0 Å². The van der Waals surface area contributed by atoms with Crippen LogP contribution in [0.5, 0.6) is 5.88 Å². The van der Waals surface area contributed by atoms with Crippen LogP contribution in [0.3, 0.4) is 0 Å². The van der Waals surface area contributed by atoms with Gasteiger partial charge in [0.1, 0.15) is 9.92 Å². The number of aromatic hydroxyl groups is 1. The van der Waals surface area contributed by atoms with Gasteiger partial charge in [0.25, 0.3) is 0 Å². The zero-order valence-electron chi connectivity index (χ0n) is 15.0. The molecule has 0 saturated carbocycles. The molecule has 0 saturated heterocycles. The van der Waals surface area contributed by atoms with E-state index in [0.717, 1.165) is 5.56 Å². The summed E-state index contributed by atoms with van der Waals surface area (Å²) in [4.78, 5) is 4.48. The fourth-order valence-electron chi connectivity index (χ4n) is 2.60. The lowest BCUT2D eigenvalue weighted by molar-refractivity contribution is 0.433. The van der Waals surface area contributed by atoms with Crippen molar-refractivity contribution in [2.75, 3.05) is 14.1 Å². The number of hydrogen-bond acceptors (Lipinski definition) is 6. The number of pyridine rings is 1. The van der Waals surface area contributed by atoms with Crippen LogP contribution in [0.2, 0.25) is 0 Å². The Bertz CT molecular complexity index is 1120. The van der Waals surface area contributed by atoms with Gasteiger partial charge in [0, 0.05) is 20.3 Å². The molecule has 3 rings (SSSR count). The molecule has 2 N–H and O–H groups in total. The van der Waals surface area contributed by atoms with E-state index in [-0.39, 0.29) is 10.8 Å². The maximum Gasteiger partial charge on any atom is 0.223 e. The molecule has 0 amide bonds. The Labute approximate surface area is 157 Å². The third-order valence-electron chi connectivity index (χ3n) is 4.11. The Morgan fingerprint density at radius 3 is 2.41 bits per heavy atom. The molecule has 0 aliphatic carbocycles. The molecule has 1 aromatic carbocycles. The molecule has 0 radical (unpaired) electrons. The molecule has 138 valence electrons. The van der Waals surface area contributed by atoms with E-state index in [4.69, 9.17) is 10.0 Å². The number of nitrogens with zero attached hydrogens (tertiary/aromatic N) is 5. The third-order valence-corrected chi connectivity index (χ3v) is 6.02. The van der Waals surface area contributed by atoms with Crippen LogP contribution in [0, 0.1) is 23.0 Å². The van der Waals surface area contributed by atoms with E-state index in [0.29, 0.717) is 22.6 Å². The van der Waals surface area contributed by atoms with Crippen molar-refractivity contribution in [1.82, 2.24) is 19.1 Å². The first-order chi connectivity index (χ1) is 12.8. The van der Waals surface area contributed by atoms with E-state index >= 15 is 0 Å². The summed E-state index contributed by atoms with van der Waals surface area (Å²) in [5.74, 6) is 0.255. The number of aryl methyl sites for hydroxylation is 1. The SMILES string of the molecule is Cc1nn(-c2ccc(S(=N)(=O)N(C)C)cn2)c(O)c1-c1ccc(C#N)cc1. The van der Waals surface area contributed by atoms with Crippen LogP contribution in [-0.4, -0.2) is 42.5 Å². The Morgan fingerprint density at radius 2 is 1.89 bits per heavy atom. The first kappa shape index (κ1) is 18.6. The quantitative estimate of drug-likeness (QED) is 0.719. The predicted molar refractivity (Wildman–Crippen MR) is 101 cm³/mol. The summed E-state index contributed by atoms with van der Waals surface area (Å²) in [6, 6.07) is 12.0. The Balaban J connectivity index is 2.03. The number of benzene rings is 1. The van der Waals surface area contributed by atoms with Crippen molar-refractivity contribution in [3.8, 4) is 28.9 Å². The van der Waals surface area contributed by atoms with E-state index < -0.39 is 9.92 Å². The first-order valence-electron chi connectivity index (χ1n) is 7.97. The summed E-state index contributed by atoms with van der Waals surface area (Å²) in [5.41, 5.74) is 2.40. The van der Waals surface area contributed by atoms with E-state index in [9.17, 15) is 9.32 Å². The van der Waals surface area contributed by atoms with E-state index in [1.807, 2.05) is 0 Å². The van der Waals surface area contributed by atoms with Crippen LogP contribution in [-0.2, 0) is 9.92 Å². The van der Waals surface area contributed by atoms with Crippen molar-refractivity contribution in [2.24, 2.45) is 0 Å². The van der Waals surface area contributed by atoms with Crippen molar-refractivity contribution in [3.63, 3.8) is 0 Å². The predicted octanol–water partition coefficient (Wildman–Crippen LogP) is 2.70. The lowest BCUT2D eigenvalue weighted by Crippen LogP contribution is -2.21. The largest absolute Gasteiger partial charge is 0.493 e. The standard InChI is InChI=1S/C18H18N6O2S/c1-12-17(14-6-4-13(10-19)5-7-14)18(25)24(22-12)16-9-8-15(11-21-16)27(20,26)23(2)3/h4-9,11,20,25H,1-3H3. The topological polar surface area (TPSA) is 119 Å².